The van der Waals surface area contributed by atoms with E-state index in [2.05, 4.69) is 31.3 Å². The zero-order valence-electron chi connectivity index (χ0n) is 11.8. The van der Waals surface area contributed by atoms with Gasteiger partial charge in [-0.2, -0.15) is 0 Å². The van der Waals surface area contributed by atoms with E-state index in [1.165, 1.54) is 11.1 Å². The summed E-state index contributed by atoms with van der Waals surface area (Å²) in [6, 6.07) is 10.3. The van der Waals surface area contributed by atoms with Gasteiger partial charge in [0.15, 0.2) is 0 Å². The summed E-state index contributed by atoms with van der Waals surface area (Å²) in [5, 5.41) is 3.46. The fourth-order valence-corrected chi connectivity index (χ4v) is 2.17. The highest BCUT2D eigenvalue weighted by Crippen LogP contribution is 2.27. The summed E-state index contributed by atoms with van der Waals surface area (Å²) in [7, 11) is 0. The van der Waals surface area contributed by atoms with E-state index >= 15 is 0 Å². The molecule has 0 bridgehead atoms. The van der Waals surface area contributed by atoms with E-state index < -0.39 is 0 Å². The predicted octanol–water partition coefficient (Wildman–Crippen LogP) is 3.69. The van der Waals surface area contributed by atoms with Crippen molar-refractivity contribution in [3.05, 3.63) is 53.5 Å². The molecule has 0 fully saturated rings. The van der Waals surface area contributed by atoms with Crippen LogP contribution in [0, 0.1) is 6.92 Å². The van der Waals surface area contributed by atoms with E-state index in [0.29, 0.717) is 6.61 Å². The molecule has 3 heteroatoms. The van der Waals surface area contributed by atoms with Gasteiger partial charge in [-0.25, -0.2) is 0 Å². The molecule has 0 aliphatic carbocycles. The van der Waals surface area contributed by atoms with Crippen molar-refractivity contribution < 1.29 is 9.15 Å². The molecule has 1 atom stereocenters. The molecule has 0 spiro atoms. The van der Waals surface area contributed by atoms with E-state index in [9.17, 15) is 0 Å². The van der Waals surface area contributed by atoms with Crippen LogP contribution < -0.4 is 10.1 Å². The Labute approximate surface area is 114 Å². The summed E-state index contributed by atoms with van der Waals surface area (Å²) >= 11 is 0. The standard InChI is InChI=1S/C16H21NO2/c1-4-17-15(16-12(3)10-11-19-16)13-6-8-14(9-7-13)18-5-2/h6-11,15,17H,4-5H2,1-3H3. The topological polar surface area (TPSA) is 34.4 Å². The van der Waals surface area contributed by atoms with Crippen LogP contribution in [0.2, 0.25) is 0 Å². The Morgan fingerprint density at radius 2 is 1.89 bits per heavy atom. The summed E-state index contributed by atoms with van der Waals surface area (Å²) < 4.78 is 11.1. The highest BCUT2D eigenvalue weighted by Gasteiger charge is 2.18. The average molecular weight is 259 g/mol. The minimum atomic E-state index is 0.0932. The second kappa shape index (κ2) is 6.43. The lowest BCUT2D eigenvalue weighted by atomic mass is 10.0. The highest BCUT2D eigenvalue weighted by molar-refractivity contribution is 5.34. The molecule has 1 aromatic carbocycles. The Kier molecular flexibility index (Phi) is 4.63. The van der Waals surface area contributed by atoms with Crippen LogP contribution in [0.5, 0.6) is 5.75 Å². The monoisotopic (exact) mass is 259 g/mol. The van der Waals surface area contributed by atoms with E-state index in [1.807, 2.05) is 25.1 Å². The van der Waals surface area contributed by atoms with Crippen molar-refractivity contribution in [2.45, 2.75) is 26.8 Å². The van der Waals surface area contributed by atoms with Crippen LogP contribution in [0.15, 0.2) is 41.0 Å². The fourth-order valence-electron chi connectivity index (χ4n) is 2.17. The maximum Gasteiger partial charge on any atom is 0.128 e. The number of rotatable bonds is 6. The number of nitrogens with one attached hydrogen (secondary N) is 1. The van der Waals surface area contributed by atoms with Crippen LogP contribution in [-0.2, 0) is 0 Å². The number of benzene rings is 1. The third-order valence-electron chi connectivity index (χ3n) is 3.10. The second-order valence-electron chi connectivity index (χ2n) is 4.46. The summed E-state index contributed by atoms with van der Waals surface area (Å²) in [6.45, 7) is 7.73. The third-order valence-corrected chi connectivity index (χ3v) is 3.10. The molecule has 1 aromatic heterocycles. The number of ether oxygens (including phenoxy) is 1. The summed E-state index contributed by atoms with van der Waals surface area (Å²) in [6.07, 6.45) is 1.74. The Morgan fingerprint density at radius 3 is 2.42 bits per heavy atom. The van der Waals surface area contributed by atoms with Crippen molar-refractivity contribution in [3.63, 3.8) is 0 Å². The van der Waals surface area contributed by atoms with Gasteiger partial charge in [-0.05, 0) is 49.7 Å². The first-order chi connectivity index (χ1) is 9.26. The first kappa shape index (κ1) is 13.7. The molecule has 0 saturated heterocycles. The van der Waals surface area contributed by atoms with Crippen LogP contribution >= 0.6 is 0 Å². The lowest BCUT2D eigenvalue weighted by Crippen LogP contribution is -2.22. The van der Waals surface area contributed by atoms with Gasteiger partial charge in [0.2, 0.25) is 0 Å². The minimum Gasteiger partial charge on any atom is -0.494 e. The zero-order valence-corrected chi connectivity index (χ0v) is 11.8. The summed E-state index contributed by atoms with van der Waals surface area (Å²) in [4.78, 5) is 0. The molecule has 1 heterocycles. The number of aryl methyl sites for hydroxylation is 1. The van der Waals surface area contributed by atoms with Crippen molar-refractivity contribution in [1.29, 1.82) is 0 Å². The molecule has 102 valence electrons. The molecule has 0 aliphatic heterocycles. The molecule has 0 saturated carbocycles. The maximum absolute atomic E-state index is 5.62. The Balaban J connectivity index is 2.26. The average Bonchev–Trinajstić information content (AvgIpc) is 2.84. The molecule has 0 amide bonds. The van der Waals surface area contributed by atoms with E-state index in [-0.39, 0.29) is 6.04 Å². The van der Waals surface area contributed by atoms with Gasteiger partial charge in [-0.3, -0.25) is 0 Å². The van der Waals surface area contributed by atoms with Crippen molar-refractivity contribution >= 4 is 0 Å². The second-order valence-corrected chi connectivity index (χ2v) is 4.46. The Morgan fingerprint density at radius 1 is 1.16 bits per heavy atom. The predicted molar refractivity (Wildman–Crippen MR) is 76.6 cm³/mol. The van der Waals surface area contributed by atoms with Crippen LogP contribution in [-0.4, -0.2) is 13.2 Å². The number of hydrogen-bond donors (Lipinski definition) is 1. The Bertz CT molecular complexity index is 502. The fraction of sp³-hybridized carbons (Fsp3) is 0.375. The van der Waals surface area contributed by atoms with E-state index in [1.54, 1.807) is 6.26 Å². The van der Waals surface area contributed by atoms with Gasteiger partial charge in [0.25, 0.3) is 0 Å². The van der Waals surface area contributed by atoms with Crippen molar-refractivity contribution in [3.8, 4) is 5.75 Å². The summed E-state index contributed by atoms with van der Waals surface area (Å²) in [5.41, 5.74) is 2.35. The van der Waals surface area contributed by atoms with Crippen LogP contribution in [0.25, 0.3) is 0 Å². The zero-order chi connectivity index (χ0) is 13.7. The molecule has 0 radical (unpaired) electrons. The quantitative estimate of drug-likeness (QED) is 0.859. The van der Waals surface area contributed by atoms with Crippen LogP contribution in [0.1, 0.15) is 36.8 Å². The molecule has 2 aromatic rings. The third kappa shape index (κ3) is 3.18. The molecule has 2 rings (SSSR count). The smallest absolute Gasteiger partial charge is 0.128 e. The Hall–Kier alpha value is -1.74. The molecule has 1 N–H and O–H groups in total. The van der Waals surface area contributed by atoms with Gasteiger partial charge in [0, 0.05) is 0 Å². The van der Waals surface area contributed by atoms with Crippen molar-refractivity contribution in [2.24, 2.45) is 0 Å². The molecule has 1 unspecified atom stereocenters. The van der Waals surface area contributed by atoms with Crippen molar-refractivity contribution in [1.82, 2.24) is 5.32 Å². The maximum atomic E-state index is 5.62. The molecule has 19 heavy (non-hydrogen) atoms. The first-order valence-corrected chi connectivity index (χ1v) is 6.76. The number of furan rings is 1. The van der Waals surface area contributed by atoms with E-state index in [4.69, 9.17) is 9.15 Å². The highest BCUT2D eigenvalue weighted by atomic mass is 16.5. The van der Waals surface area contributed by atoms with Gasteiger partial charge in [0.05, 0.1) is 18.9 Å². The van der Waals surface area contributed by atoms with Gasteiger partial charge < -0.3 is 14.5 Å². The molecular formula is C16H21NO2. The lowest BCUT2D eigenvalue weighted by molar-refractivity contribution is 0.340. The largest absolute Gasteiger partial charge is 0.494 e. The normalized spacial score (nSPS) is 12.4. The molecule has 0 aliphatic rings. The van der Waals surface area contributed by atoms with Crippen LogP contribution in [0.3, 0.4) is 0 Å². The first-order valence-electron chi connectivity index (χ1n) is 6.76. The van der Waals surface area contributed by atoms with E-state index in [0.717, 1.165) is 18.1 Å². The van der Waals surface area contributed by atoms with Crippen LogP contribution in [0.4, 0.5) is 0 Å². The van der Waals surface area contributed by atoms with Gasteiger partial charge in [-0.15, -0.1) is 0 Å². The molecular weight excluding hydrogens is 238 g/mol. The van der Waals surface area contributed by atoms with Gasteiger partial charge >= 0.3 is 0 Å². The summed E-state index contributed by atoms with van der Waals surface area (Å²) in [5.74, 6) is 1.88. The van der Waals surface area contributed by atoms with Crippen molar-refractivity contribution in [2.75, 3.05) is 13.2 Å². The number of hydrogen-bond acceptors (Lipinski definition) is 3. The SMILES string of the molecule is CCNC(c1ccc(OCC)cc1)c1occc1C. The molecule has 3 nitrogen and oxygen atoms in total. The van der Waals surface area contributed by atoms with Gasteiger partial charge in [0.1, 0.15) is 11.5 Å². The minimum absolute atomic E-state index is 0.0932. The lowest BCUT2D eigenvalue weighted by Gasteiger charge is -2.17. The van der Waals surface area contributed by atoms with Gasteiger partial charge in [-0.1, -0.05) is 19.1 Å².